The Balaban J connectivity index is 1.44. The molecule has 0 unspecified atom stereocenters. The molecule has 0 aliphatic carbocycles. The molecule has 3 heterocycles. The number of rotatable bonds is 6. The second-order valence-corrected chi connectivity index (χ2v) is 7.37. The Morgan fingerprint density at radius 1 is 1.36 bits per heavy atom. The van der Waals surface area contributed by atoms with Crippen molar-refractivity contribution in [2.45, 2.75) is 32.1 Å². The third-order valence-electron chi connectivity index (χ3n) is 5.64. The van der Waals surface area contributed by atoms with Crippen LogP contribution in [0.5, 0.6) is 0 Å². The molecule has 3 rings (SSSR count). The molecule has 1 spiro atoms. The fourth-order valence-electron chi connectivity index (χ4n) is 4.22. The summed E-state index contributed by atoms with van der Waals surface area (Å²) in [5.74, 6) is 1.08. The van der Waals surface area contributed by atoms with Crippen molar-refractivity contribution in [1.82, 2.24) is 9.80 Å². The second-order valence-electron chi connectivity index (χ2n) is 7.37. The molecule has 3 fully saturated rings. The van der Waals surface area contributed by atoms with Crippen molar-refractivity contribution in [1.29, 1.82) is 0 Å². The highest BCUT2D eigenvalue weighted by atomic mass is 16.5. The van der Waals surface area contributed by atoms with Crippen LogP contribution in [0.25, 0.3) is 0 Å². The molecule has 126 valence electrons. The van der Waals surface area contributed by atoms with Crippen LogP contribution < -0.4 is 0 Å². The van der Waals surface area contributed by atoms with Crippen LogP contribution in [-0.2, 0) is 14.3 Å². The van der Waals surface area contributed by atoms with Crippen LogP contribution in [0.2, 0.25) is 0 Å². The first-order valence-corrected chi connectivity index (χ1v) is 8.78. The molecule has 3 aliphatic heterocycles. The maximum atomic E-state index is 12.3. The largest absolute Gasteiger partial charge is 0.385 e. The average Bonchev–Trinajstić information content (AvgIpc) is 3.11. The molecule has 1 atom stereocenters. The highest BCUT2D eigenvalue weighted by Crippen LogP contribution is 2.41. The molecule has 0 aromatic carbocycles. The van der Waals surface area contributed by atoms with Gasteiger partial charge in [-0.15, -0.1) is 0 Å². The number of nitrogens with zero attached hydrogens (tertiary/aromatic N) is 2. The molecule has 22 heavy (non-hydrogen) atoms. The van der Waals surface area contributed by atoms with Gasteiger partial charge in [-0.3, -0.25) is 4.79 Å². The lowest BCUT2D eigenvalue weighted by Gasteiger charge is -2.39. The van der Waals surface area contributed by atoms with Crippen molar-refractivity contribution in [3.05, 3.63) is 0 Å². The molecule has 0 bridgehead atoms. The standard InChI is InChI=1S/C17H30N2O3/c1-21-9-2-6-19-14-17(11-16(19)20)4-7-18(8-5-17)12-15-3-10-22-13-15/h15H,2-14H2,1H3/t15-/m0/s1. The Morgan fingerprint density at radius 3 is 2.86 bits per heavy atom. The Labute approximate surface area is 133 Å². The second kappa shape index (κ2) is 7.28. The van der Waals surface area contributed by atoms with Gasteiger partial charge in [-0.1, -0.05) is 0 Å². The van der Waals surface area contributed by atoms with Gasteiger partial charge < -0.3 is 19.3 Å². The van der Waals surface area contributed by atoms with E-state index in [2.05, 4.69) is 9.80 Å². The van der Waals surface area contributed by atoms with Gasteiger partial charge >= 0.3 is 0 Å². The summed E-state index contributed by atoms with van der Waals surface area (Å²) < 4.78 is 10.6. The van der Waals surface area contributed by atoms with E-state index in [1.54, 1.807) is 7.11 Å². The predicted octanol–water partition coefficient (Wildman–Crippen LogP) is 1.37. The van der Waals surface area contributed by atoms with E-state index in [-0.39, 0.29) is 5.41 Å². The number of methoxy groups -OCH3 is 1. The van der Waals surface area contributed by atoms with E-state index in [1.165, 1.54) is 25.8 Å². The number of likely N-dealkylation sites (tertiary alicyclic amines) is 2. The van der Waals surface area contributed by atoms with Crippen LogP contribution in [0.4, 0.5) is 0 Å². The van der Waals surface area contributed by atoms with E-state index >= 15 is 0 Å². The summed E-state index contributed by atoms with van der Waals surface area (Å²) in [7, 11) is 1.72. The number of ether oxygens (including phenoxy) is 2. The van der Waals surface area contributed by atoms with Gasteiger partial charge in [-0.2, -0.15) is 0 Å². The smallest absolute Gasteiger partial charge is 0.223 e. The zero-order valence-corrected chi connectivity index (χ0v) is 13.9. The van der Waals surface area contributed by atoms with Crippen LogP contribution in [0, 0.1) is 11.3 Å². The summed E-state index contributed by atoms with van der Waals surface area (Å²) in [6.07, 6.45) is 5.28. The minimum atomic E-state index is 0.257. The van der Waals surface area contributed by atoms with Gasteiger partial charge in [-0.25, -0.2) is 0 Å². The SMILES string of the molecule is COCCCN1CC2(CCN(C[C@@H]3CCOC3)CC2)CC1=O. The lowest BCUT2D eigenvalue weighted by atomic mass is 9.77. The molecule has 5 nitrogen and oxygen atoms in total. The Kier molecular flexibility index (Phi) is 5.37. The quantitative estimate of drug-likeness (QED) is 0.695. The predicted molar refractivity (Wildman–Crippen MR) is 84.7 cm³/mol. The number of carbonyl (C=O) groups is 1. The molecule has 0 aromatic rings. The van der Waals surface area contributed by atoms with Gasteiger partial charge in [0.05, 0.1) is 6.61 Å². The number of hydrogen-bond donors (Lipinski definition) is 0. The maximum Gasteiger partial charge on any atom is 0.223 e. The highest BCUT2D eigenvalue weighted by molar-refractivity contribution is 5.79. The summed E-state index contributed by atoms with van der Waals surface area (Å²) >= 11 is 0. The molecular weight excluding hydrogens is 280 g/mol. The normalized spacial score (nSPS) is 28.9. The third kappa shape index (κ3) is 3.81. The topological polar surface area (TPSA) is 42.0 Å². The van der Waals surface area contributed by atoms with E-state index in [0.717, 1.165) is 64.8 Å². The van der Waals surface area contributed by atoms with Gasteiger partial charge in [0.1, 0.15) is 0 Å². The number of carbonyl (C=O) groups excluding carboxylic acids is 1. The first-order chi connectivity index (χ1) is 10.7. The van der Waals surface area contributed by atoms with Crippen molar-refractivity contribution >= 4 is 5.91 Å². The lowest BCUT2D eigenvalue weighted by molar-refractivity contribution is -0.128. The lowest BCUT2D eigenvalue weighted by Crippen LogP contribution is -2.43. The van der Waals surface area contributed by atoms with Crippen LogP contribution in [0.15, 0.2) is 0 Å². The highest BCUT2D eigenvalue weighted by Gasteiger charge is 2.44. The third-order valence-corrected chi connectivity index (χ3v) is 5.64. The molecule has 3 aliphatic rings. The molecule has 0 aromatic heterocycles. The van der Waals surface area contributed by atoms with Crippen molar-refractivity contribution < 1.29 is 14.3 Å². The number of amides is 1. The zero-order chi connectivity index (χ0) is 15.4. The van der Waals surface area contributed by atoms with Crippen LogP contribution in [0.1, 0.15) is 32.1 Å². The molecule has 1 amide bonds. The van der Waals surface area contributed by atoms with Crippen LogP contribution in [0.3, 0.4) is 0 Å². The summed E-state index contributed by atoms with van der Waals surface area (Å²) in [5.41, 5.74) is 0.257. The van der Waals surface area contributed by atoms with Gasteiger partial charge in [0.15, 0.2) is 0 Å². The number of piperidine rings is 1. The molecular formula is C17H30N2O3. The minimum Gasteiger partial charge on any atom is -0.385 e. The summed E-state index contributed by atoms with van der Waals surface area (Å²) in [6, 6.07) is 0. The average molecular weight is 310 g/mol. The van der Waals surface area contributed by atoms with Gasteiger partial charge in [0.2, 0.25) is 5.91 Å². The maximum absolute atomic E-state index is 12.3. The fourth-order valence-corrected chi connectivity index (χ4v) is 4.22. The van der Waals surface area contributed by atoms with E-state index in [0.29, 0.717) is 5.91 Å². The van der Waals surface area contributed by atoms with Crippen LogP contribution >= 0.6 is 0 Å². The number of hydrogen-bond acceptors (Lipinski definition) is 4. The summed E-state index contributed by atoms with van der Waals surface area (Å²) in [5, 5.41) is 0. The van der Waals surface area contributed by atoms with Crippen molar-refractivity contribution in [2.24, 2.45) is 11.3 Å². The minimum absolute atomic E-state index is 0.257. The first kappa shape index (κ1) is 16.2. The van der Waals surface area contributed by atoms with E-state index in [4.69, 9.17) is 9.47 Å². The van der Waals surface area contributed by atoms with Gasteiger partial charge in [-0.05, 0) is 50.1 Å². The summed E-state index contributed by atoms with van der Waals surface area (Å²) in [6.45, 7) is 7.93. The first-order valence-electron chi connectivity index (χ1n) is 8.78. The Morgan fingerprint density at radius 2 is 2.18 bits per heavy atom. The van der Waals surface area contributed by atoms with Gasteiger partial charge in [0.25, 0.3) is 0 Å². The molecule has 0 radical (unpaired) electrons. The van der Waals surface area contributed by atoms with Crippen molar-refractivity contribution in [3.63, 3.8) is 0 Å². The molecule has 0 saturated carbocycles. The van der Waals surface area contributed by atoms with Gasteiger partial charge in [0, 0.05) is 46.4 Å². The monoisotopic (exact) mass is 310 g/mol. The fraction of sp³-hybridized carbons (Fsp3) is 0.941. The van der Waals surface area contributed by atoms with Crippen molar-refractivity contribution in [2.75, 3.05) is 59.7 Å². The molecule has 3 saturated heterocycles. The zero-order valence-electron chi connectivity index (χ0n) is 13.9. The van der Waals surface area contributed by atoms with E-state index in [1.807, 2.05) is 0 Å². The Hall–Kier alpha value is -0.650. The van der Waals surface area contributed by atoms with Crippen LogP contribution in [-0.4, -0.2) is 75.4 Å². The molecule has 0 N–H and O–H groups in total. The Bertz CT molecular complexity index is 374. The van der Waals surface area contributed by atoms with E-state index < -0.39 is 0 Å². The molecule has 5 heteroatoms. The van der Waals surface area contributed by atoms with Crippen molar-refractivity contribution in [3.8, 4) is 0 Å². The summed E-state index contributed by atoms with van der Waals surface area (Å²) in [4.78, 5) is 16.9. The van der Waals surface area contributed by atoms with E-state index in [9.17, 15) is 4.79 Å².